The van der Waals surface area contributed by atoms with Crippen molar-refractivity contribution in [2.24, 2.45) is 5.11 Å². The predicted octanol–water partition coefficient (Wildman–Crippen LogP) is 5.79. The van der Waals surface area contributed by atoms with Gasteiger partial charge in [0.05, 0.1) is 25.9 Å². The zero-order chi connectivity index (χ0) is 30.2. The van der Waals surface area contributed by atoms with Crippen LogP contribution in [0.4, 0.5) is 0 Å². The van der Waals surface area contributed by atoms with Crippen molar-refractivity contribution in [2.75, 3.05) is 13.7 Å². The van der Waals surface area contributed by atoms with E-state index >= 15 is 0 Å². The first kappa shape index (κ1) is 32.1. The van der Waals surface area contributed by atoms with Crippen molar-refractivity contribution < 1.29 is 37.7 Å². The lowest BCUT2D eigenvalue weighted by atomic mass is 9.96. The molecule has 0 saturated carbocycles. The average Bonchev–Trinajstić information content (AvgIpc) is 2.92. The number of rotatable bonds is 11. The van der Waals surface area contributed by atoms with Gasteiger partial charge in [0.25, 0.3) is 0 Å². The number of nitrogens with zero attached hydrogens (tertiary/aromatic N) is 3. The van der Waals surface area contributed by atoms with Crippen molar-refractivity contribution in [1.82, 2.24) is 0 Å². The van der Waals surface area contributed by atoms with Gasteiger partial charge in [-0.25, -0.2) is 4.79 Å². The number of methoxy groups -OCH3 is 1. The number of azide groups is 1. The summed E-state index contributed by atoms with van der Waals surface area (Å²) < 4.78 is 35.6. The van der Waals surface area contributed by atoms with Crippen molar-refractivity contribution in [3.63, 3.8) is 0 Å². The van der Waals surface area contributed by atoms with E-state index in [9.17, 15) is 15.1 Å². The van der Waals surface area contributed by atoms with Crippen LogP contribution in [-0.4, -0.2) is 64.6 Å². The monoisotopic (exact) mass is 585 g/mol. The molecule has 0 aliphatic carbocycles. The lowest BCUT2D eigenvalue weighted by molar-refractivity contribution is -0.252. The first-order valence-electron chi connectivity index (χ1n) is 13.4. The highest BCUT2D eigenvalue weighted by molar-refractivity contribution is 6.74. The number of carbonyl (C=O) groups excluding carboxylic acids is 2. The minimum absolute atomic E-state index is 0.0241. The highest BCUT2D eigenvalue weighted by Gasteiger charge is 2.53. The van der Waals surface area contributed by atoms with Crippen molar-refractivity contribution in [3.8, 4) is 5.75 Å². The Labute approximate surface area is 241 Å². The highest BCUT2D eigenvalue weighted by atomic mass is 28.4. The highest BCUT2D eigenvalue weighted by Crippen LogP contribution is 2.40. The largest absolute Gasteiger partial charge is 0.497 e. The molecular weight excluding hydrogens is 546 g/mol. The molecule has 3 rings (SSSR count). The molecule has 1 aliphatic heterocycles. The summed E-state index contributed by atoms with van der Waals surface area (Å²) >= 11 is 0. The van der Waals surface area contributed by atoms with Gasteiger partial charge in [-0.1, -0.05) is 56.2 Å². The molecule has 41 heavy (non-hydrogen) atoms. The number of esters is 2. The van der Waals surface area contributed by atoms with E-state index < -0.39 is 50.9 Å². The first-order valence-corrected chi connectivity index (χ1v) is 16.3. The maximum Gasteiger partial charge on any atom is 0.338 e. The molecule has 11 nitrogen and oxygen atoms in total. The van der Waals surface area contributed by atoms with Crippen molar-refractivity contribution in [3.05, 3.63) is 76.2 Å². The molecule has 12 heteroatoms. The van der Waals surface area contributed by atoms with Gasteiger partial charge >= 0.3 is 11.9 Å². The molecule has 1 saturated heterocycles. The minimum atomic E-state index is -2.48. The Balaban J connectivity index is 1.95. The second-order valence-corrected chi connectivity index (χ2v) is 16.0. The normalized spacial score (nSPS) is 22.8. The van der Waals surface area contributed by atoms with Gasteiger partial charge in [-0.05, 0) is 53.5 Å². The number of hydrogen-bond acceptors (Lipinski definition) is 9. The Morgan fingerprint density at radius 2 is 1.68 bits per heavy atom. The van der Waals surface area contributed by atoms with Crippen LogP contribution in [0.25, 0.3) is 10.4 Å². The molecule has 0 amide bonds. The van der Waals surface area contributed by atoms with Crippen LogP contribution < -0.4 is 4.74 Å². The lowest BCUT2D eigenvalue weighted by Crippen LogP contribution is -2.63. The van der Waals surface area contributed by atoms with Crippen LogP contribution in [0.15, 0.2) is 59.7 Å². The molecule has 0 radical (unpaired) electrons. The van der Waals surface area contributed by atoms with Gasteiger partial charge in [-0.3, -0.25) is 4.79 Å². The third-order valence-electron chi connectivity index (χ3n) is 7.28. The molecule has 222 valence electrons. The molecule has 0 N–H and O–H groups in total. The van der Waals surface area contributed by atoms with E-state index in [1.165, 1.54) is 6.92 Å². The minimum Gasteiger partial charge on any atom is -0.497 e. The van der Waals surface area contributed by atoms with E-state index in [4.69, 9.17) is 28.1 Å². The van der Waals surface area contributed by atoms with Gasteiger partial charge in [0.1, 0.15) is 17.9 Å². The summed E-state index contributed by atoms with van der Waals surface area (Å²) in [6.45, 7) is 11.7. The summed E-state index contributed by atoms with van der Waals surface area (Å²) in [5.74, 6) is -0.572. The number of hydrogen-bond donors (Lipinski definition) is 0. The Bertz CT molecular complexity index is 1210. The van der Waals surface area contributed by atoms with Gasteiger partial charge < -0.3 is 28.1 Å². The molecule has 0 spiro atoms. The van der Waals surface area contributed by atoms with Crippen LogP contribution in [0.2, 0.25) is 18.1 Å². The average molecular weight is 586 g/mol. The standard InChI is InChI=1S/C29H39N3O8Si/c1-19(33)37-25-23(18-36-17-20-13-15-22(35-5)16-14-20)38-28(40-41(6,7)29(2,3)4)24(31-32-30)26(25)39-27(34)21-11-9-8-10-12-21/h8-16,23-26,28H,17-18H2,1-7H3/t23-,24-,25-,26-,28+/m1/s1. The van der Waals surface area contributed by atoms with Crippen molar-refractivity contribution in [1.29, 1.82) is 0 Å². The van der Waals surface area contributed by atoms with E-state index in [2.05, 4.69) is 30.8 Å². The van der Waals surface area contributed by atoms with Crippen LogP contribution >= 0.6 is 0 Å². The van der Waals surface area contributed by atoms with Crippen LogP contribution in [-0.2, 0) is 34.8 Å². The SMILES string of the molecule is COc1ccc(COC[C@H]2O[C@@H](O[Si](C)(C)C(C)(C)C)[C@H](N=[N+]=[N-])[C@@H](OC(=O)c3ccccc3)[C@@H]2OC(C)=O)cc1. The number of ether oxygens (including phenoxy) is 5. The van der Waals surface area contributed by atoms with Crippen molar-refractivity contribution in [2.45, 2.75) is 83.1 Å². The molecule has 0 aromatic heterocycles. The quantitative estimate of drug-likeness (QED) is 0.106. The fourth-order valence-electron chi connectivity index (χ4n) is 4.02. The van der Waals surface area contributed by atoms with Gasteiger partial charge in [0, 0.05) is 11.8 Å². The van der Waals surface area contributed by atoms with E-state index in [0.717, 1.165) is 11.3 Å². The summed E-state index contributed by atoms with van der Waals surface area (Å²) in [5, 5.41) is 3.72. The number of carbonyl (C=O) groups is 2. The topological polar surface area (TPSA) is 138 Å². The van der Waals surface area contributed by atoms with Crippen LogP contribution in [0.1, 0.15) is 43.6 Å². The molecule has 2 aromatic rings. The van der Waals surface area contributed by atoms with E-state index in [1.54, 1.807) is 37.4 Å². The zero-order valence-electron chi connectivity index (χ0n) is 24.6. The Morgan fingerprint density at radius 1 is 1.02 bits per heavy atom. The Morgan fingerprint density at radius 3 is 2.24 bits per heavy atom. The number of benzene rings is 2. The summed E-state index contributed by atoms with van der Waals surface area (Å²) in [5.41, 5.74) is 10.7. The summed E-state index contributed by atoms with van der Waals surface area (Å²) in [7, 11) is -0.891. The van der Waals surface area contributed by atoms with Crippen molar-refractivity contribution >= 4 is 20.3 Å². The molecule has 1 heterocycles. The smallest absolute Gasteiger partial charge is 0.338 e. The summed E-state index contributed by atoms with van der Waals surface area (Å²) in [4.78, 5) is 28.4. The summed E-state index contributed by atoms with van der Waals surface area (Å²) in [6, 6.07) is 14.6. The first-order chi connectivity index (χ1) is 19.4. The Hall–Kier alpha value is -3.41. The molecule has 2 aromatic carbocycles. The van der Waals surface area contributed by atoms with Gasteiger partial charge in [-0.2, -0.15) is 0 Å². The third kappa shape index (κ3) is 8.54. The molecule has 1 fully saturated rings. The van der Waals surface area contributed by atoms with Crippen LogP contribution in [0.5, 0.6) is 5.75 Å². The zero-order valence-corrected chi connectivity index (χ0v) is 25.6. The van der Waals surface area contributed by atoms with E-state index in [-0.39, 0.29) is 23.8 Å². The summed E-state index contributed by atoms with van der Waals surface area (Å²) in [6.07, 6.45) is -4.32. The van der Waals surface area contributed by atoms with E-state index in [1.807, 2.05) is 37.4 Å². The molecule has 0 unspecified atom stereocenters. The lowest BCUT2D eigenvalue weighted by Gasteiger charge is -2.47. The van der Waals surface area contributed by atoms with E-state index in [0.29, 0.717) is 0 Å². The maximum atomic E-state index is 13.2. The second kappa shape index (κ2) is 14.0. The van der Waals surface area contributed by atoms with Gasteiger partial charge in [-0.15, -0.1) is 0 Å². The third-order valence-corrected chi connectivity index (χ3v) is 11.7. The second-order valence-electron chi connectivity index (χ2n) is 11.3. The molecular formula is C29H39N3O8Si. The van der Waals surface area contributed by atoms with Gasteiger partial charge in [0.15, 0.2) is 26.8 Å². The Kier molecular flexibility index (Phi) is 10.9. The van der Waals surface area contributed by atoms with Crippen LogP contribution in [0, 0.1) is 0 Å². The molecule has 1 aliphatic rings. The maximum absolute atomic E-state index is 13.2. The van der Waals surface area contributed by atoms with Crippen LogP contribution in [0.3, 0.4) is 0 Å². The fourth-order valence-corrected chi connectivity index (χ4v) is 5.15. The van der Waals surface area contributed by atoms with Gasteiger partial charge in [0.2, 0.25) is 0 Å². The fraction of sp³-hybridized carbons (Fsp3) is 0.517. The predicted molar refractivity (Wildman–Crippen MR) is 154 cm³/mol. The molecule has 0 bridgehead atoms. The molecule has 5 atom stereocenters.